The largest absolute Gasteiger partial charge is 0.497 e. The number of carbonyl (C=O) groups excluding carboxylic acids is 1. The Kier molecular flexibility index (Phi) is 18.2. The van der Waals surface area contributed by atoms with Gasteiger partial charge in [-0.2, -0.15) is 41.1 Å². The smallest absolute Gasteiger partial charge is 0.402 e. The second-order valence-corrected chi connectivity index (χ2v) is 18.7. The standard InChI is InChI=1S/C46H54F6N5O10P/c1-29(2)57(30(3)4)68(60,25-11-23-53)67-40-37(26-65-44(32-12-9-8-10-13-32,33-14-18-35(61-6)19-15-33)34-16-20-36(62-7)21-17-34)66-42(56-24-22-39(54-31(5)58)55-43(56)59)41(40)64-28-63-27-38(45(47,48)49)46(50,51)52/h8-10,12-22,24,29-30,37-38,40-42,60H,11,25-28H2,1-7H3/p+1/t37-,40-,41-,42-,68?/m1/s1. The van der Waals surface area contributed by atoms with Crippen LogP contribution in [-0.4, -0.2) is 108 Å². The minimum Gasteiger partial charge on any atom is -0.497 e. The Balaban J connectivity index is 1.71. The zero-order chi connectivity index (χ0) is 50.0. The quantitative estimate of drug-likeness (QED) is 0.0253. The van der Waals surface area contributed by atoms with Gasteiger partial charge < -0.3 is 33.7 Å². The van der Waals surface area contributed by atoms with Crippen LogP contribution >= 0.6 is 7.87 Å². The fourth-order valence-electron chi connectivity index (χ4n) is 8.11. The fraction of sp³-hybridized carbons (Fsp3) is 0.478. The molecule has 68 heavy (non-hydrogen) atoms. The average molecular weight is 983 g/mol. The number of halogens is 6. The molecule has 0 bridgehead atoms. The molecule has 5 atom stereocenters. The van der Waals surface area contributed by atoms with E-state index in [9.17, 15) is 46.1 Å². The highest BCUT2D eigenvalue weighted by atomic mass is 31.2. The maximum atomic E-state index is 13.8. The lowest BCUT2D eigenvalue weighted by Gasteiger charge is -2.39. The van der Waals surface area contributed by atoms with E-state index in [4.69, 9.17) is 32.9 Å². The Bertz CT molecular complexity index is 2280. The van der Waals surface area contributed by atoms with Crippen LogP contribution in [0, 0.1) is 17.2 Å². The van der Waals surface area contributed by atoms with E-state index in [1.165, 1.54) is 33.4 Å². The first-order valence-electron chi connectivity index (χ1n) is 21.4. The fourth-order valence-corrected chi connectivity index (χ4v) is 11.0. The van der Waals surface area contributed by atoms with Gasteiger partial charge in [0, 0.05) is 25.2 Å². The number of alkyl halides is 6. The molecule has 1 unspecified atom stereocenters. The van der Waals surface area contributed by atoms with E-state index in [0.29, 0.717) is 28.2 Å². The summed E-state index contributed by atoms with van der Waals surface area (Å²) in [6.45, 7) is 4.77. The van der Waals surface area contributed by atoms with Crippen LogP contribution in [-0.2, 0) is 33.9 Å². The SMILES string of the molecule is COc1ccc(C(OC[C@H]2O[C@@H](n3ccc(NC(C)=O)nc3=O)[C@H](OCOCC(C(F)(F)F)C(F)(F)F)[C@@H]2O[P+](O)(CCC#N)N(C(C)C)C(C)C)(c2ccccc2)c2ccc(OC)cc2)cc1. The first kappa shape index (κ1) is 53.8. The Morgan fingerprint density at radius 1 is 0.882 bits per heavy atom. The number of hydrogen-bond acceptors (Lipinski definition) is 13. The molecule has 0 radical (unpaired) electrons. The Hall–Kier alpha value is -5.17. The summed E-state index contributed by atoms with van der Waals surface area (Å²) >= 11 is 0. The van der Waals surface area contributed by atoms with Crippen molar-refractivity contribution in [1.82, 2.24) is 14.2 Å². The first-order chi connectivity index (χ1) is 32.1. The van der Waals surface area contributed by atoms with Gasteiger partial charge in [-0.3, -0.25) is 9.36 Å². The molecule has 1 aromatic heterocycles. The van der Waals surface area contributed by atoms with Gasteiger partial charge in [0.25, 0.3) is 0 Å². The number of amides is 1. The molecule has 4 aromatic rings. The van der Waals surface area contributed by atoms with E-state index in [2.05, 4.69) is 10.3 Å². The highest BCUT2D eigenvalue weighted by Crippen LogP contribution is 2.64. The lowest BCUT2D eigenvalue weighted by Crippen LogP contribution is -2.46. The van der Waals surface area contributed by atoms with Crippen molar-refractivity contribution in [3.05, 3.63) is 118 Å². The molecule has 5 rings (SSSR count). The van der Waals surface area contributed by atoms with Gasteiger partial charge in [0.15, 0.2) is 18.2 Å². The summed E-state index contributed by atoms with van der Waals surface area (Å²) in [6, 6.07) is 25.6. The minimum atomic E-state index is -5.72. The molecular weight excluding hydrogens is 927 g/mol. The molecule has 1 saturated heterocycles. The summed E-state index contributed by atoms with van der Waals surface area (Å²) in [5.41, 5.74) is -0.734. The molecule has 2 N–H and O–H groups in total. The van der Waals surface area contributed by atoms with Crippen LogP contribution in [0.25, 0.3) is 0 Å². The lowest BCUT2D eigenvalue weighted by atomic mass is 9.80. The highest BCUT2D eigenvalue weighted by Gasteiger charge is 2.60. The van der Waals surface area contributed by atoms with Crippen LogP contribution in [0.3, 0.4) is 0 Å². The molecule has 0 saturated carbocycles. The van der Waals surface area contributed by atoms with Crippen molar-refractivity contribution in [3.8, 4) is 17.6 Å². The third-order valence-corrected chi connectivity index (χ3v) is 14.0. The number of anilines is 1. The van der Waals surface area contributed by atoms with E-state index >= 15 is 0 Å². The monoisotopic (exact) mass is 982 g/mol. The van der Waals surface area contributed by atoms with E-state index in [0.717, 1.165) is 4.57 Å². The molecule has 0 aliphatic carbocycles. The van der Waals surface area contributed by atoms with Crippen molar-refractivity contribution in [3.63, 3.8) is 0 Å². The van der Waals surface area contributed by atoms with E-state index < -0.39 is 100.0 Å². The van der Waals surface area contributed by atoms with Crippen molar-refractivity contribution in [2.45, 2.75) is 95.6 Å². The molecule has 0 spiro atoms. The summed E-state index contributed by atoms with van der Waals surface area (Å²) in [7, 11) is -0.942. The molecule has 15 nitrogen and oxygen atoms in total. The summed E-state index contributed by atoms with van der Waals surface area (Å²) in [4.78, 5) is 42.3. The summed E-state index contributed by atoms with van der Waals surface area (Å²) in [5, 5.41) is 12.2. The van der Waals surface area contributed by atoms with E-state index in [-0.39, 0.29) is 18.4 Å². The van der Waals surface area contributed by atoms with Crippen LogP contribution in [0.2, 0.25) is 0 Å². The number of aromatic nitrogens is 2. The minimum absolute atomic E-state index is 0.150. The van der Waals surface area contributed by atoms with Crippen LogP contribution in [0.15, 0.2) is 95.9 Å². The normalized spacial score (nSPS) is 18.8. The number of hydrogen-bond donors (Lipinski definition) is 2. The van der Waals surface area contributed by atoms with Crippen molar-refractivity contribution >= 4 is 19.6 Å². The number of benzene rings is 3. The Labute approximate surface area is 390 Å². The third kappa shape index (κ3) is 12.7. The van der Waals surface area contributed by atoms with Crippen LogP contribution in [0.5, 0.6) is 11.5 Å². The maximum absolute atomic E-state index is 13.8. The molecule has 22 heteroatoms. The zero-order valence-electron chi connectivity index (χ0n) is 38.4. The molecule has 2 heterocycles. The number of nitrogens with zero attached hydrogens (tertiary/aromatic N) is 4. The van der Waals surface area contributed by atoms with E-state index in [1.807, 2.05) is 24.3 Å². The third-order valence-electron chi connectivity index (χ3n) is 11.0. The number of rotatable bonds is 22. The van der Waals surface area contributed by atoms with E-state index in [1.54, 1.807) is 93.0 Å². The van der Waals surface area contributed by atoms with Gasteiger partial charge in [-0.15, -0.1) is 4.67 Å². The van der Waals surface area contributed by atoms with Crippen molar-refractivity contribution < 1.29 is 69.0 Å². The van der Waals surface area contributed by atoms with Gasteiger partial charge in [-0.05, 0) is 74.7 Å². The van der Waals surface area contributed by atoms with Crippen LogP contribution in [0.1, 0.15) is 64.0 Å². The van der Waals surface area contributed by atoms with Gasteiger partial charge in [0.2, 0.25) is 5.91 Å². The number of methoxy groups -OCH3 is 2. The Morgan fingerprint density at radius 3 is 1.90 bits per heavy atom. The summed E-state index contributed by atoms with van der Waals surface area (Å²) in [6.07, 6.45) is -17.0. The number of nitrogens with one attached hydrogen (secondary N) is 1. The van der Waals surface area contributed by atoms with Gasteiger partial charge in [0.05, 0.1) is 39.9 Å². The zero-order valence-corrected chi connectivity index (χ0v) is 39.3. The molecule has 1 amide bonds. The molecule has 1 aliphatic heterocycles. The number of nitriles is 1. The van der Waals surface area contributed by atoms with Crippen molar-refractivity contribution in [1.29, 1.82) is 5.26 Å². The topological polar surface area (TPSA) is 176 Å². The molecule has 1 aliphatic rings. The highest BCUT2D eigenvalue weighted by molar-refractivity contribution is 7.63. The van der Waals surface area contributed by atoms with Gasteiger partial charge in [-0.25, -0.2) is 9.69 Å². The summed E-state index contributed by atoms with van der Waals surface area (Å²) in [5.74, 6) is -3.51. The summed E-state index contributed by atoms with van der Waals surface area (Å²) < 4.78 is 127. The molecular formula is C46H55F6N5O10P+. The Morgan fingerprint density at radius 2 is 1.43 bits per heavy atom. The lowest BCUT2D eigenvalue weighted by molar-refractivity contribution is -0.299. The number of ether oxygens (including phenoxy) is 6. The maximum Gasteiger partial charge on any atom is 0.402 e. The van der Waals surface area contributed by atoms with Gasteiger partial charge in [-0.1, -0.05) is 54.6 Å². The molecule has 370 valence electrons. The second-order valence-electron chi connectivity index (χ2n) is 16.3. The predicted molar refractivity (Wildman–Crippen MR) is 237 cm³/mol. The average Bonchev–Trinajstić information content (AvgIpc) is 3.60. The van der Waals surface area contributed by atoms with Crippen molar-refractivity contribution in [2.24, 2.45) is 5.92 Å². The van der Waals surface area contributed by atoms with Gasteiger partial charge >= 0.3 is 25.9 Å². The second kappa shape index (κ2) is 23.0. The first-order valence-corrected chi connectivity index (χ1v) is 23.2. The van der Waals surface area contributed by atoms with Crippen molar-refractivity contribution in [2.75, 3.05) is 45.7 Å². The predicted octanol–water partition coefficient (Wildman–Crippen LogP) is 8.40. The number of carbonyl (C=O) groups is 1. The van der Waals surface area contributed by atoms with Crippen LogP contribution in [0.4, 0.5) is 32.2 Å². The molecule has 1 fully saturated rings. The van der Waals surface area contributed by atoms with Gasteiger partial charge in [0.1, 0.15) is 48.1 Å². The molecule has 3 aromatic carbocycles. The van der Waals surface area contributed by atoms with Crippen LogP contribution < -0.4 is 20.5 Å².